The molecule has 3 rings (SSSR count). The Morgan fingerprint density at radius 2 is 2.31 bits per heavy atom. The summed E-state index contributed by atoms with van der Waals surface area (Å²) in [5, 5.41) is 5.53. The van der Waals surface area contributed by atoms with Gasteiger partial charge in [-0.25, -0.2) is 0 Å². The fourth-order valence-corrected chi connectivity index (χ4v) is 3.17. The van der Waals surface area contributed by atoms with E-state index in [1.165, 1.54) is 18.0 Å². The SMILES string of the molecule is CN1CCC2(C1)CN(C(=O)c1csnn1)C2. The molecule has 0 N–H and O–H groups in total. The van der Waals surface area contributed by atoms with Gasteiger partial charge >= 0.3 is 0 Å². The van der Waals surface area contributed by atoms with E-state index < -0.39 is 0 Å². The zero-order valence-corrected chi connectivity index (χ0v) is 10.0. The van der Waals surface area contributed by atoms with Crippen LogP contribution in [0.15, 0.2) is 5.38 Å². The molecule has 0 bridgehead atoms. The maximum atomic E-state index is 11.9. The van der Waals surface area contributed by atoms with Crippen LogP contribution in [0, 0.1) is 5.41 Å². The number of amides is 1. The molecule has 86 valence electrons. The van der Waals surface area contributed by atoms with Gasteiger partial charge in [0.2, 0.25) is 0 Å². The van der Waals surface area contributed by atoms with Gasteiger partial charge in [-0.05, 0) is 31.5 Å². The number of aromatic nitrogens is 2. The van der Waals surface area contributed by atoms with Gasteiger partial charge in [-0.15, -0.1) is 5.10 Å². The normalized spacial score (nSPS) is 23.7. The molecule has 1 aromatic heterocycles. The lowest BCUT2D eigenvalue weighted by Crippen LogP contribution is -2.59. The van der Waals surface area contributed by atoms with Crippen LogP contribution in [-0.2, 0) is 0 Å². The van der Waals surface area contributed by atoms with E-state index in [1.807, 2.05) is 4.90 Å². The highest BCUT2D eigenvalue weighted by molar-refractivity contribution is 7.03. The van der Waals surface area contributed by atoms with Gasteiger partial charge in [-0.2, -0.15) is 0 Å². The third-order valence-electron chi connectivity index (χ3n) is 3.55. The number of hydrogen-bond acceptors (Lipinski definition) is 5. The van der Waals surface area contributed by atoms with Crippen molar-refractivity contribution in [3.8, 4) is 0 Å². The molecule has 0 unspecified atom stereocenters. The fraction of sp³-hybridized carbons (Fsp3) is 0.700. The van der Waals surface area contributed by atoms with E-state index in [0.717, 1.165) is 26.2 Å². The van der Waals surface area contributed by atoms with E-state index in [-0.39, 0.29) is 5.91 Å². The lowest BCUT2D eigenvalue weighted by atomic mass is 9.79. The van der Waals surface area contributed by atoms with Crippen molar-refractivity contribution in [2.45, 2.75) is 6.42 Å². The van der Waals surface area contributed by atoms with Gasteiger partial charge in [0.15, 0.2) is 5.69 Å². The zero-order chi connectivity index (χ0) is 11.2. The first-order valence-corrected chi connectivity index (χ1v) is 6.27. The van der Waals surface area contributed by atoms with E-state index >= 15 is 0 Å². The second-order valence-electron chi connectivity index (χ2n) is 4.94. The molecule has 0 radical (unpaired) electrons. The summed E-state index contributed by atoms with van der Waals surface area (Å²) in [7, 11) is 2.14. The topological polar surface area (TPSA) is 49.3 Å². The lowest BCUT2D eigenvalue weighted by molar-refractivity contribution is 0.0113. The Hall–Kier alpha value is -1.01. The van der Waals surface area contributed by atoms with Crippen molar-refractivity contribution < 1.29 is 4.79 Å². The molecule has 0 aliphatic carbocycles. The summed E-state index contributed by atoms with van der Waals surface area (Å²) in [5.74, 6) is 0.0360. The van der Waals surface area contributed by atoms with Crippen molar-refractivity contribution in [2.75, 3.05) is 33.2 Å². The summed E-state index contributed by atoms with van der Waals surface area (Å²) >= 11 is 1.23. The first-order valence-electron chi connectivity index (χ1n) is 5.43. The third-order valence-corrected chi connectivity index (χ3v) is 4.05. The third kappa shape index (κ3) is 1.53. The summed E-state index contributed by atoms with van der Waals surface area (Å²) in [6.45, 7) is 4.04. The van der Waals surface area contributed by atoms with E-state index in [0.29, 0.717) is 11.1 Å². The van der Waals surface area contributed by atoms with Gasteiger partial charge in [-0.1, -0.05) is 4.49 Å². The Balaban J connectivity index is 1.63. The molecular weight excluding hydrogens is 224 g/mol. The molecule has 2 aliphatic rings. The standard InChI is InChI=1S/C10H14N4OS/c1-13-3-2-10(5-13)6-14(7-10)9(15)8-4-16-12-11-8/h4H,2-3,5-7H2,1H3. The highest BCUT2D eigenvalue weighted by Gasteiger charge is 2.48. The van der Waals surface area contributed by atoms with Crippen LogP contribution in [-0.4, -0.2) is 58.5 Å². The van der Waals surface area contributed by atoms with Gasteiger partial charge < -0.3 is 9.80 Å². The van der Waals surface area contributed by atoms with E-state index in [9.17, 15) is 4.79 Å². The lowest BCUT2D eigenvalue weighted by Gasteiger charge is -2.47. The van der Waals surface area contributed by atoms with Crippen LogP contribution in [0.5, 0.6) is 0 Å². The second-order valence-corrected chi connectivity index (χ2v) is 5.55. The Morgan fingerprint density at radius 1 is 1.50 bits per heavy atom. The molecule has 1 aromatic rings. The number of carbonyl (C=O) groups excluding carboxylic acids is 1. The van der Waals surface area contributed by atoms with Crippen LogP contribution < -0.4 is 0 Å². The number of likely N-dealkylation sites (tertiary alicyclic amines) is 2. The Morgan fingerprint density at radius 3 is 2.88 bits per heavy atom. The van der Waals surface area contributed by atoms with E-state index in [2.05, 4.69) is 21.5 Å². The number of carbonyl (C=O) groups is 1. The fourth-order valence-electron chi connectivity index (χ4n) is 2.74. The Bertz CT molecular complexity index is 399. The highest BCUT2D eigenvalue weighted by Crippen LogP contribution is 2.39. The maximum absolute atomic E-state index is 11.9. The van der Waals surface area contributed by atoms with E-state index in [4.69, 9.17) is 0 Å². The van der Waals surface area contributed by atoms with Gasteiger partial charge in [0, 0.05) is 30.4 Å². The molecule has 1 spiro atoms. The van der Waals surface area contributed by atoms with Crippen molar-refractivity contribution in [1.82, 2.24) is 19.4 Å². The molecule has 6 heteroatoms. The summed E-state index contributed by atoms with van der Waals surface area (Å²) in [6.07, 6.45) is 1.21. The maximum Gasteiger partial charge on any atom is 0.275 e. The molecule has 3 heterocycles. The van der Waals surface area contributed by atoms with Crippen LogP contribution in [0.1, 0.15) is 16.9 Å². The molecule has 2 saturated heterocycles. The van der Waals surface area contributed by atoms with Gasteiger partial charge in [0.25, 0.3) is 5.91 Å². The highest BCUT2D eigenvalue weighted by atomic mass is 32.1. The van der Waals surface area contributed by atoms with Crippen LogP contribution in [0.25, 0.3) is 0 Å². The minimum absolute atomic E-state index is 0.0360. The first kappa shape index (κ1) is 10.2. The number of hydrogen-bond donors (Lipinski definition) is 0. The van der Waals surface area contributed by atoms with Gasteiger partial charge in [-0.3, -0.25) is 4.79 Å². The van der Waals surface area contributed by atoms with Crippen molar-refractivity contribution in [1.29, 1.82) is 0 Å². The summed E-state index contributed by atoms with van der Waals surface area (Å²) < 4.78 is 3.72. The quantitative estimate of drug-likeness (QED) is 0.707. The Labute approximate surface area is 98.2 Å². The molecule has 0 saturated carbocycles. The molecular formula is C10H14N4OS. The average molecular weight is 238 g/mol. The van der Waals surface area contributed by atoms with Crippen LogP contribution >= 0.6 is 11.5 Å². The minimum Gasteiger partial charge on any atom is -0.336 e. The molecule has 2 aliphatic heterocycles. The Kier molecular flexibility index (Phi) is 2.22. The number of rotatable bonds is 1. The molecule has 1 amide bonds. The molecule has 0 atom stereocenters. The predicted octanol–water partition coefficient (Wildman–Crippen LogP) is 0.316. The first-order chi connectivity index (χ1) is 7.69. The molecule has 2 fully saturated rings. The van der Waals surface area contributed by atoms with Crippen molar-refractivity contribution in [3.05, 3.63) is 11.1 Å². The summed E-state index contributed by atoms with van der Waals surface area (Å²) in [4.78, 5) is 16.2. The summed E-state index contributed by atoms with van der Waals surface area (Å²) in [6, 6.07) is 0. The smallest absolute Gasteiger partial charge is 0.275 e. The second kappa shape index (κ2) is 3.49. The average Bonchev–Trinajstić information content (AvgIpc) is 2.82. The van der Waals surface area contributed by atoms with Crippen LogP contribution in [0.4, 0.5) is 0 Å². The van der Waals surface area contributed by atoms with Crippen molar-refractivity contribution in [3.63, 3.8) is 0 Å². The monoisotopic (exact) mass is 238 g/mol. The summed E-state index contributed by atoms with van der Waals surface area (Å²) in [5.41, 5.74) is 0.861. The van der Waals surface area contributed by atoms with Crippen molar-refractivity contribution >= 4 is 17.4 Å². The molecule has 5 nitrogen and oxygen atoms in total. The molecule has 0 aromatic carbocycles. The zero-order valence-electron chi connectivity index (χ0n) is 9.22. The number of nitrogens with zero attached hydrogens (tertiary/aromatic N) is 4. The predicted molar refractivity (Wildman–Crippen MR) is 60.4 cm³/mol. The van der Waals surface area contributed by atoms with Crippen LogP contribution in [0.3, 0.4) is 0 Å². The largest absolute Gasteiger partial charge is 0.336 e. The minimum atomic E-state index is 0.0360. The van der Waals surface area contributed by atoms with E-state index in [1.54, 1.807) is 5.38 Å². The molecule has 16 heavy (non-hydrogen) atoms. The van der Waals surface area contributed by atoms with Gasteiger partial charge in [0.1, 0.15) is 0 Å². The van der Waals surface area contributed by atoms with Gasteiger partial charge in [0.05, 0.1) is 0 Å². The van der Waals surface area contributed by atoms with Crippen LogP contribution in [0.2, 0.25) is 0 Å². The van der Waals surface area contributed by atoms with Crippen molar-refractivity contribution in [2.24, 2.45) is 5.41 Å².